The Kier molecular flexibility index (Phi) is 5.43. The van der Waals surface area contributed by atoms with Crippen LogP contribution in [0.1, 0.15) is 16.7 Å². The molecule has 3 nitrogen and oxygen atoms in total. The second-order valence-electron chi connectivity index (χ2n) is 5.94. The molecule has 23 heavy (non-hydrogen) atoms. The van der Waals surface area contributed by atoms with E-state index in [0.29, 0.717) is 12.0 Å². The molecule has 1 N–H and O–H groups in total. The van der Waals surface area contributed by atoms with Crippen molar-refractivity contribution >= 4 is 11.4 Å². The summed E-state index contributed by atoms with van der Waals surface area (Å²) in [7, 11) is 4.11. The predicted octanol–water partition coefficient (Wildman–Crippen LogP) is 4.43. The van der Waals surface area contributed by atoms with Crippen molar-refractivity contribution < 1.29 is 0 Å². The number of nitriles is 1. The molecule has 0 radical (unpaired) electrons. The quantitative estimate of drug-likeness (QED) is 0.830. The highest BCUT2D eigenvalue weighted by atomic mass is 15.1. The highest BCUT2D eigenvalue weighted by Gasteiger charge is 2.08. The number of allylic oxidation sites excluding steroid dienone is 1. The normalized spacial score (nSPS) is 11.0. The molecule has 0 aliphatic rings. The lowest BCUT2D eigenvalue weighted by molar-refractivity contribution is 1.08. The van der Waals surface area contributed by atoms with Crippen LogP contribution < -0.4 is 10.2 Å². The predicted molar refractivity (Wildman–Crippen MR) is 97.7 cm³/mol. The van der Waals surface area contributed by atoms with Crippen molar-refractivity contribution in [3.8, 4) is 6.07 Å². The van der Waals surface area contributed by atoms with Crippen LogP contribution in [0.3, 0.4) is 0 Å². The summed E-state index contributed by atoms with van der Waals surface area (Å²) in [4.78, 5) is 2.13. The molecule has 0 aromatic heterocycles. The molecule has 0 fully saturated rings. The van der Waals surface area contributed by atoms with E-state index in [0.717, 1.165) is 11.3 Å². The topological polar surface area (TPSA) is 39.1 Å². The van der Waals surface area contributed by atoms with Crippen LogP contribution in [0.5, 0.6) is 0 Å². The first-order valence-electron chi connectivity index (χ1n) is 7.69. The van der Waals surface area contributed by atoms with Crippen LogP contribution in [-0.2, 0) is 6.42 Å². The summed E-state index contributed by atoms with van der Waals surface area (Å²) in [5, 5.41) is 12.6. The summed E-state index contributed by atoms with van der Waals surface area (Å²) in [5.41, 5.74) is 6.57. The molecule has 2 rings (SSSR count). The zero-order valence-electron chi connectivity index (χ0n) is 14.2. The Morgan fingerprint density at radius 1 is 1.13 bits per heavy atom. The van der Waals surface area contributed by atoms with Gasteiger partial charge in [0, 0.05) is 43.7 Å². The Hall–Kier alpha value is -2.73. The Balaban J connectivity index is 2.18. The van der Waals surface area contributed by atoms with Crippen molar-refractivity contribution in [2.75, 3.05) is 24.3 Å². The van der Waals surface area contributed by atoms with Gasteiger partial charge in [0.25, 0.3) is 0 Å². The van der Waals surface area contributed by atoms with Gasteiger partial charge in [0.15, 0.2) is 0 Å². The summed E-state index contributed by atoms with van der Waals surface area (Å²) in [6, 6.07) is 16.5. The summed E-state index contributed by atoms with van der Waals surface area (Å²) < 4.78 is 0. The smallest absolute Gasteiger partial charge is 0.0965 e. The fourth-order valence-corrected chi connectivity index (χ4v) is 2.90. The molecule has 2 aromatic rings. The van der Waals surface area contributed by atoms with Gasteiger partial charge in [0.1, 0.15) is 0 Å². The van der Waals surface area contributed by atoms with Gasteiger partial charge >= 0.3 is 0 Å². The van der Waals surface area contributed by atoms with E-state index in [1.807, 2.05) is 30.3 Å². The molecule has 3 heteroatoms. The molecule has 0 atom stereocenters. The molecule has 0 amide bonds. The standard InChI is InChI=1S/C20H23N3/c1-15-10-17(11-16(2)20(15)23(3)4)12-18(13-21)14-22-19-8-6-5-7-9-19/h5-11,14,22H,12H2,1-4H3. The second kappa shape index (κ2) is 7.51. The van der Waals surface area contributed by atoms with Gasteiger partial charge in [-0.15, -0.1) is 0 Å². The maximum atomic E-state index is 9.38. The molecule has 2 aromatic carbocycles. The lowest BCUT2D eigenvalue weighted by Crippen LogP contribution is -2.12. The zero-order valence-corrected chi connectivity index (χ0v) is 14.2. The molecular weight excluding hydrogens is 282 g/mol. The third-order valence-electron chi connectivity index (χ3n) is 3.72. The fourth-order valence-electron chi connectivity index (χ4n) is 2.90. The average Bonchev–Trinajstić information content (AvgIpc) is 2.51. The molecular formula is C20H23N3. The van der Waals surface area contributed by atoms with Crippen LogP contribution in [0.15, 0.2) is 54.2 Å². The summed E-state index contributed by atoms with van der Waals surface area (Å²) in [6.45, 7) is 4.23. The summed E-state index contributed by atoms with van der Waals surface area (Å²) >= 11 is 0. The van der Waals surface area contributed by atoms with Crippen molar-refractivity contribution in [1.82, 2.24) is 0 Å². The number of hydrogen-bond acceptors (Lipinski definition) is 3. The first-order valence-corrected chi connectivity index (χ1v) is 7.69. The lowest BCUT2D eigenvalue weighted by atomic mass is 9.99. The number of aryl methyl sites for hydroxylation is 2. The summed E-state index contributed by atoms with van der Waals surface area (Å²) in [6.07, 6.45) is 2.42. The summed E-state index contributed by atoms with van der Waals surface area (Å²) in [5.74, 6) is 0. The largest absolute Gasteiger partial charge is 0.377 e. The lowest BCUT2D eigenvalue weighted by Gasteiger charge is -2.19. The second-order valence-corrected chi connectivity index (χ2v) is 5.94. The van der Waals surface area contributed by atoms with E-state index >= 15 is 0 Å². The van der Waals surface area contributed by atoms with Gasteiger partial charge in [-0.1, -0.05) is 30.3 Å². The van der Waals surface area contributed by atoms with Gasteiger partial charge < -0.3 is 10.2 Å². The molecule has 0 saturated carbocycles. The number of hydrogen-bond donors (Lipinski definition) is 1. The average molecular weight is 305 g/mol. The minimum absolute atomic E-state index is 0.631. The van der Waals surface area contributed by atoms with Gasteiger partial charge in [0.2, 0.25) is 0 Å². The number of rotatable bonds is 5. The van der Waals surface area contributed by atoms with E-state index in [2.05, 4.69) is 56.4 Å². The Labute approximate surface area is 138 Å². The first kappa shape index (κ1) is 16.6. The van der Waals surface area contributed by atoms with Crippen molar-refractivity contribution in [3.05, 3.63) is 70.9 Å². The van der Waals surface area contributed by atoms with Gasteiger partial charge in [-0.25, -0.2) is 0 Å². The van der Waals surface area contributed by atoms with E-state index in [9.17, 15) is 5.26 Å². The van der Waals surface area contributed by atoms with Gasteiger partial charge in [-0.3, -0.25) is 0 Å². The molecule has 0 saturated heterocycles. The fraction of sp³-hybridized carbons (Fsp3) is 0.250. The number of nitrogens with one attached hydrogen (secondary N) is 1. The zero-order chi connectivity index (χ0) is 16.8. The van der Waals surface area contributed by atoms with E-state index in [4.69, 9.17) is 0 Å². The van der Waals surface area contributed by atoms with Crippen molar-refractivity contribution in [2.45, 2.75) is 20.3 Å². The van der Waals surface area contributed by atoms with Crippen LogP contribution in [0.25, 0.3) is 0 Å². The number of anilines is 2. The molecule has 0 heterocycles. The third kappa shape index (κ3) is 4.37. The van der Waals surface area contributed by atoms with E-state index in [1.54, 1.807) is 6.20 Å². The highest BCUT2D eigenvalue weighted by molar-refractivity contribution is 5.60. The van der Waals surface area contributed by atoms with E-state index in [-0.39, 0.29) is 0 Å². The maximum Gasteiger partial charge on any atom is 0.0965 e. The molecule has 0 bridgehead atoms. The van der Waals surface area contributed by atoms with Crippen molar-refractivity contribution in [3.63, 3.8) is 0 Å². The van der Waals surface area contributed by atoms with Gasteiger partial charge in [0.05, 0.1) is 6.07 Å². The highest BCUT2D eigenvalue weighted by Crippen LogP contribution is 2.25. The first-order chi connectivity index (χ1) is 11.0. The number of benzene rings is 2. The molecule has 0 spiro atoms. The SMILES string of the molecule is Cc1cc(CC(C#N)=CNc2ccccc2)cc(C)c1N(C)C. The molecule has 118 valence electrons. The minimum Gasteiger partial charge on any atom is -0.377 e. The van der Waals surface area contributed by atoms with Gasteiger partial charge in [-0.05, 0) is 42.7 Å². The Morgan fingerprint density at radius 2 is 1.74 bits per heavy atom. The van der Waals surface area contributed by atoms with Crippen LogP contribution in [0.4, 0.5) is 11.4 Å². The third-order valence-corrected chi connectivity index (χ3v) is 3.72. The molecule has 0 aliphatic heterocycles. The number of nitrogens with zero attached hydrogens (tertiary/aromatic N) is 2. The van der Waals surface area contributed by atoms with Gasteiger partial charge in [-0.2, -0.15) is 5.26 Å². The monoisotopic (exact) mass is 305 g/mol. The minimum atomic E-state index is 0.631. The van der Waals surface area contributed by atoms with Crippen LogP contribution >= 0.6 is 0 Å². The van der Waals surface area contributed by atoms with Crippen LogP contribution in [0.2, 0.25) is 0 Å². The molecule has 0 aliphatic carbocycles. The Bertz CT molecular complexity index is 714. The van der Waals surface area contributed by atoms with Crippen LogP contribution in [-0.4, -0.2) is 14.1 Å². The molecule has 0 unspecified atom stereocenters. The van der Waals surface area contributed by atoms with Crippen LogP contribution in [0, 0.1) is 25.2 Å². The van der Waals surface area contributed by atoms with Crippen molar-refractivity contribution in [2.24, 2.45) is 0 Å². The van der Waals surface area contributed by atoms with Crippen molar-refractivity contribution in [1.29, 1.82) is 5.26 Å². The Morgan fingerprint density at radius 3 is 2.26 bits per heavy atom. The maximum absolute atomic E-state index is 9.38. The van der Waals surface area contributed by atoms with E-state index in [1.165, 1.54) is 16.8 Å². The number of para-hydroxylation sites is 1. The van der Waals surface area contributed by atoms with E-state index < -0.39 is 0 Å².